The minimum atomic E-state index is -0.513. The Labute approximate surface area is 149 Å². The maximum absolute atomic E-state index is 13.8. The second kappa shape index (κ2) is 6.47. The van der Waals surface area contributed by atoms with Gasteiger partial charge in [-0.1, -0.05) is 30.3 Å². The van der Waals surface area contributed by atoms with Crippen molar-refractivity contribution < 1.29 is 18.4 Å². The zero-order chi connectivity index (χ0) is 18.2. The third-order valence-electron chi connectivity index (χ3n) is 5.02. The third kappa shape index (κ3) is 3.58. The Hall–Kier alpha value is -1.85. The SMILES string of the molecule is Cc1ccc(B2OC(C)(C)C(C)(C)O2)c(OCc2ccccc2F)c1. The smallest absolute Gasteiger partial charge is 0.489 e. The Morgan fingerprint density at radius 1 is 1.00 bits per heavy atom. The van der Waals surface area contributed by atoms with Crippen molar-refractivity contribution in [1.29, 1.82) is 0 Å². The van der Waals surface area contributed by atoms with E-state index in [9.17, 15) is 4.39 Å². The van der Waals surface area contributed by atoms with Crippen molar-refractivity contribution in [2.24, 2.45) is 0 Å². The van der Waals surface area contributed by atoms with Crippen molar-refractivity contribution in [2.75, 3.05) is 0 Å². The molecule has 1 aliphatic rings. The van der Waals surface area contributed by atoms with Crippen LogP contribution < -0.4 is 10.2 Å². The fourth-order valence-corrected chi connectivity index (χ4v) is 2.70. The van der Waals surface area contributed by atoms with Crippen molar-refractivity contribution in [2.45, 2.75) is 52.4 Å². The Morgan fingerprint density at radius 2 is 1.64 bits per heavy atom. The molecule has 0 atom stereocenters. The average molecular weight is 342 g/mol. The Bertz CT molecular complexity index is 757. The number of ether oxygens (including phenoxy) is 1. The van der Waals surface area contributed by atoms with Gasteiger partial charge in [-0.05, 0) is 52.3 Å². The van der Waals surface area contributed by atoms with E-state index in [-0.39, 0.29) is 12.4 Å². The minimum absolute atomic E-state index is 0.155. The van der Waals surface area contributed by atoms with Crippen LogP contribution in [0.4, 0.5) is 4.39 Å². The summed E-state index contributed by atoms with van der Waals surface area (Å²) < 4.78 is 32.0. The maximum Gasteiger partial charge on any atom is 0.498 e. The number of rotatable bonds is 4. The summed E-state index contributed by atoms with van der Waals surface area (Å²) in [5.74, 6) is 0.383. The van der Waals surface area contributed by atoms with Gasteiger partial charge >= 0.3 is 7.12 Å². The number of hydrogen-bond donors (Lipinski definition) is 0. The molecule has 0 N–H and O–H groups in total. The highest BCUT2D eigenvalue weighted by molar-refractivity contribution is 6.63. The highest BCUT2D eigenvalue weighted by Crippen LogP contribution is 2.37. The third-order valence-corrected chi connectivity index (χ3v) is 5.02. The van der Waals surface area contributed by atoms with Gasteiger partial charge < -0.3 is 14.0 Å². The van der Waals surface area contributed by atoms with Gasteiger partial charge in [0.1, 0.15) is 18.2 Å². The van der Waals surface area contributed by atoms with Gasteiger partial charge in [-0.2, -0.15) is 0 Å². The van der Waals surface area contributed by atoms with Gasteiger partial charge in [-0.15, -0.1) is 0 Å². The summed E-state index contributed by atoms with van der Waals surface area (Å²) in [6.07, 6.45) is 0. The van der Waals surface area contributed by atoms with Crippen LogP contribution in [0.25, 0.3) is 0 Å². The van der Waals surface area contributed by atoms with Crippen LogP contribution in [0.1, 0.15) is 38.8 Å². The summed E-state index contributed by atoms with van der Waals surface area (Å²) in [6.45, 7) is 10.2. The van der Waals surface area contributed by atoms with Crippen LogP contribution in [0.3, 0.4) is 0 Å². The molecule has 0 unspecified atom stereocenters. The molecule has 5 heteroatoms. The second-order valence-electron chi connectivity index (χ2n) is 7.51. The molecule has 0 bridgehead atoms. The van der Waals surface area contributed by atoms with Gasteiger partial charge in [0.05, 0.1) is 11.2 Å². The van der Waals surface area contributed by atoms with Gasteiger partial charge in [-0.25, -0.2) is 4.39 Å². The van der Waals surface area contributed by atoms with E-state index in [1.165, 1.54) is 6.07 Å². The largest absolute Gasteiger partial charge is 0.498 e. The molecule has 2 aromatic carbocycles. The number of aryl methyl sites for hydroxylation is 1. The van der Waals surface area contributed by atoms with Gasteiger partial charge in [0.15, 0.2) is 0 Å². The van der Waals surface area contributed by atoms with Crippen LogP contribution in [0.2, 0.25) is 0 Å². The second-order valence-corrected chi connectivity index (χ2v) is 7.51. The number of halogens is 1. The van der Waals surface area contributed by atoms with E-state index in [4.69, 9.17) is 14.0 Å². The summed E-state index contributed by atoms with van der Waals surface area (Å²) in [7, 11) is -0.513. The van der Waals surface area contributed by atoms with Crippen molar-refractivity contribution in [1.82, 2.24) is 0 Å². The van der Waals surface area contributed by atoms with E-state index < -0.39 is 18.3 Å². The van der Waals surface area contributed by atoms with Crippen molar-refractivity contribution in [3.05, 3.63) is 59.4 Å². The highest BCUT2D eigenvalue weighted by atomic mass is 19.1. The highest BCUT2D eigenvalue weighted by Gasteiger charge is 2.52. The molecule has 1 saturated heterocycles. The van der Waals surface area contributed by atoms with Gasteiger partial charge in [-0.3, -0.25) is 0 Å². The average Bonchev–Trinajstić information content (AvgIpc) is 2.74. The maximum atomic E-state index is 13.8. The lowest BCUT2D eigenvalue weighted by molar-refractivity contribution is 0.00578. The Morgan fingerprint density at radius 3 is 2.28 bits per heavy atom. The zero-order valence-electron chi connectivity index (χ0n) is 15.4. The molecule has 1 heterocycles. The zero-order valence-corrected chi connectivity index (χ0v) is 15.4. The van der Waals surface area contributed by atoms with E-state index in [2.05, 4.69) is 0 Å². The van der Waals surface area contributed by atoms with Crippen LogP contribution in [0, 0.1) is 12.7 Å². The molecule has 0 saturated carbocycles. The normalized spacial score (nSPS) is 18.4. The molecule has 0 radical (unpaired) electrons. The predicted octanol–water partition coefficient (Wildman–Crippen LogP) is 4.01. The first-order valence-electron chi connectivity index (χ1n) is 8.52. The molecule has 25 heavy (non-hydrogen) atoms. The van der Waals surface area contributed by atoms with Crippen LogP contribution in [-0.4, -0.2) is 18.3 Å². The molecule has 0 aliphatic carbocycles. The van der Waals surface area contributed by atoms with Crippen LogP contribution in [-0.2, 0) is 15.9 Å². The molecule has 3 rings (SSSR count). The van der Waals surface area contributed by atoms with Crippen molar-refractivity contribution in [3.8, 4) is 5.75 Å². The van der Waals surface area contributed by atoms with E-state index in [0.717, 1.165) is 11.0 Å². The summed E-state index contributed by atoms with van der Waals surface area (Å²) in [5, 5.41) is 0. The Balaban J connectivity index is 1.86. The van der Waals surface area contributed by atoms with Gasteiger partial charge in [0, 0.05) is 11.0 Å². The van der Waals surface area contributed by atoms with Crippen molar-refractivity contribution in [3.63, 3.8) is 0 Å². The lowest BCUT2D eigenvalue weighted by atomic mass is 9.78. The fraction of sp³-hybridized carbons (Fsp3) is 0.400. The summed E-state index contributed by atoms with van der Waals surface area (Å²) in [4.78, 5) is 0. The molecule has 1 fully saturated rings. The predicted molar refractivity (Wildman–Crippen MR) is 97.6 cm³/mol. The minimum Gasteiger partial charge on any atom is -0.489 e. The first-order valence-corrected chi connectivity index (χ1v) is 8.52. The topological polar surface area (TPSA) is 27.7 Å². The molecule has 3 nitrogen and oxygen atoms in total. The van der Waals surface area contributed by atoms with Gasteiger partial charge in [0.2, 0.25) is 0 Å². The summed E-state index contributed by atoms with van der Waals surface area (Å²) in [6, 6.07) is 12.5. The number of hydrogen-bond acceptors (Lipinski definition) is 3. The molecule has 0 aromatic heterocycles. The van der Waals surface area contributed by atoms with Crippen molar-refractivity contribution >= 4 is 12.6 Å². The van der Waals surface area contributed by atoms with E-state index in [1.54, 1.807) is 18.2 Å². The molecular weight excluding hydrogens is 318 g/mol. The van der Waals surface area contributed by atoms with Gasteiger partial charge in [0.25, 0.3) is 0 Å². The molecule has 1 aliphatic heterocycles. The molecular formula is C20H24BFO3. The van der Waals surface area contributed by atoms with Crippen LogP contribution in [0.15, 0.2) is 42.5 Å². The fourth-order valence-electron chi connectivity index (χ4n) is 2.70. The van der Waals surface area contributed by atoms with E-state index >= 15 is 0 Å². The lowest BCUT2D eigenvalue weighted by Gasteiger charge is -2.32. The quantitative estimate of drug-likeness (QED) is 0.786. The monoisotopic (exact) mass is 342 g/mol. The molecule has 0 amide bonds. The first-order chi connectivity index (χ1) is 11.7. The van der Waals surface area contributed by atoms with Crippen LogP contribution in [0.5, 0.6) is 5.75 Å². The molecule has 0 spiro atoms. The van der Waals surface area contributed by atoms with Crippen LogP contribution >= 0.6 is 0 Å². The van der Waals surface area contributed by atoms with E-state index in [1.807, 2.05) is 52.8 Å². The lowest BCUT2D eigenvalue weighted by Crippen LogP contribution is -2.41. The van der Waals surface area contributed by atoms with E-state index in [0.29, 0.717) is 11.3 Å². The summed E-state index contributed by atoms with van der Waals surface area (Å²) in [5.41, 5.74) is 1.55. The Kier molecular flexibility index (Phi) is 4.65. The summed E-state index contributed by atoms with van der Waals surface area (Å²) >= 11 is 0. The first kappa shape index (κ1) is 18.0. The molecule has 2 aromatic rings. The molecule has 132 valence electrons. The standard InChI is InChI=1S/C20H24BFO3/c1-14-10-11-16(21-24-19(2,3)20(4,5)25-21)18(12-14)23-13-15-8-6-7-9-17(15)22/h6-12H,13H2,1-5H3. The number of benzene rings is 2.